The average molecular weight is 518 g/mol. The van der Waals surface area contributed by atoms with Crippen LogP contribution in [0.5, 0.6) is 0 Å². The van der Waals surface area contributed by atoms with Gasteiger partial charge in [-0.15, -0.1) is 0 Å². The van der Waals surface area contributed by atoms with E-state index in [9.17, 15) is 14.4 Å². The van der Waals surface area contributed by atoms with Gasteiger partial charge in [-0.05, 0) is 61.5 Å². The highest BCUT2D eigenvalue weighted by Crippen LogP contribution is 2.28. The van der Waals surface area contributed by atoms with Crippen molar-refractivity contribution in [2.75, 3.05) is 17.2 Å². The third kappa shape index (κ3) is 6.52. The van der Waals surface area contributed by atoms with Crippen molar-refractivity contribution in [3.8, 4) is 0 Å². The van der Waals surface area contributed by atoms with E-state index >= 15 is 0 Å². The van der Waals surface area contributed by atoms with E-state index in [1.54, 1.807) is 24.3 Å². The smallest absolute Gasteiger partial charge is 0.273 e. The van der Waals surface area contributed by atoms with Crippen molar-refractivity contribution in [1.82, 2.24) is 15.0 Å². The normalized spacial score (nSPS) is 17.1. The predicted molar refractivity (Wildman–Crippen MR) is 139 cm³/mol. The number of carbonyl (C=O) groups excluding carboxylic acids is 3. The summed E-state index contributed by atoms with van der Waals surface area (Å²) >= 11 is 6.91. The third-order valence-electron chi connectivity index (χ3n) is 6.73. The van der Waals surface area contributed by atoms with Crippen molar-refractivity contribution in [2.24, 2.45) is 0 Å². The second kappa shape index (κ2) is 11.9. The van der Waals surface area contributed by atoms with Crippen LogP contribution >= 0.6 is 23.1 Å². The number of nitrogens with one attached hydrogen (secondary N) is 2. The van der Waals surface area contributed by atoms with Crippen LogP contribution < -0.4 is 21.3 Å². The Morgan fingerprint density at radius 3 is 2.11 bits per heavy atom. The second-order valence-electron chi connectivity index (χ2n) is 9.35. The molecule has 0 saturated heterocycles. The zero-order chi connectivity index (χ0) is 24.8. The van der Waals surface area contributed by atoms with Gasteiger partial charge in [-0.25, -0.2) is 0 Å². The third-order valence-corrected chi connectivity index (χ3v) is 7.84. The van der Waals surface area contributed by atoms with E-state index in [1.807, 2.05) is 0 Å². The summed E-state index contributed by atoms with van der Waals surface area (Å²) in [6.45, 7) is -0.169. The number of carbonyl (C=O) groups is 3. The highest BCUT2D eigenvalue weighted by molar-refractivity contribution is 7.09. The predicted octanol–water partition coefficient (Wildman–Crippen LogP) is 4.54. The van der Waals surface area contributed by atoms with Crippen LogP contribution in [-0.4, -0.2) is 40.7 Å². The molecule has 2 saturated carbocycles. The maximum absolute atomic E-state index is 13.6. The molecule has 4 rings (SSSR count). The lowest BCUT2D eigenvalue weighted by molar-refractivity contribution is -0.120. The molecule has 1 heterocycles. The topological polar surface area (TPSA) is 117 Å². The van der Waals surface area contributed by atoms with Gasteiger partial charge in [0.1, 0.15) is 11.4 Å². The van der Waals surface area contributed by atoms with E-state index in [0.717, 1.165) is 62.9 Å². The Kier molecular flexibility index (Phi) is 8.62. The largest absolute Gasteiger partial charge is 0.395 e. The van der Waals surface area contributed by atoms with E-state index in [0.29, 0.717) is 10.7 Å². The standard InChI is InChI=1S/C25H32ClN5O3S/c26-16-11-13-19(14-12-16)31(15-20(32)28-17-7-3-1-4-8-17)25(34)23-21(27)22(30-35-23)24(33)29-18-9-5-2-6-10-18/h11-14,17-18H,1-10,15,27H2,(H,28,32)(H,29,33). The molecule has 0 unspecified atom stereocenters. The first-order valence-corrected chi connectivity index (χ1v) is 13.5. The molecule has 1 aromatic carbocycles. The monoisotopic (exact) mass is 517 g/mol. The summed E-state index contributed by atoms with van der Waals surface area (Å²) < 4.78 is 4.20. The first-order chi connectivity index (χ1) is 16.9. The zero-order valence-electron chi connectivity index (χ0n) is 19.7. The maximum atomic E-state index is 13.6. The molecule has 0 radical (unpaired) electrons. The van der Waals surface area contributed by atoms with E-state index < -0.39 is 5.91 Å². The van der Waals surface area contributed by atoms with Crippen molar-refractivity contribution < 1.29 is 14.4 Å². The van der Waals surface area contributed by atoms with E-state index in [-0.39, 0.29) is 46.7 Å². The van der Waals surface area contributed by atoms with Gasteiger partial charge in [-0.1, -0.05) is 50.1 Å². The summed E-state index contributed by atoms with van der Waals surface area (Å²) in [5, 5.41) is 6.57. The molecule has 0 bridgehead atoms. The van der Waals surface area contributed by atoms with Gasteiger partial charge >= 0.3 is 0 Å². The van der Waals surface area contributed by atoms with Gasteiger partial charge in [-0.2, -0.15) is 4.37 Å². The fraction of sp³-hybridized carbons (Fsp3) is 0.520. The molecule has 2 aromatic rings. The lowest BCUT2D eigenvalue weighted by atomic mass is 9.95. The van der Waals surface area contributed by atoms with Crippen molar-refractivity contribution in [1.29, 1.82) is 0 Å². The highest BCUT2D eigenvalue weighted by atomic mass is 35.5. The Balaban J connectivity index is 1.51. The molecule has 3 amide bonds. The minimum Gasteiger partial charge on any atom is -0.395 e. The molecule has 0 aliphatic heterocycles. The quantitative estimate of drug-likeness (QED) is 0.498. The Morgan fingerprint density at radius 2 is 1.51 bits per heavy atom. The number of nitrogen functional groups attached to an aromatic ring is 1. The number of hydrogen-bond donors (Lipinski definition) is 3. The minimum atomic E-state index is -0.474. The number of aromatic nitrogens is 1. The Morgan fingerprint density at radius 1 is 0.943 bits per heavy atom. The number of rotatable bonds is 7. The molecule has 188 valence electrons. The molecule has 2 fully saturated rings. The van der Waals surface area contributed by atoms with Crippen molar-refractivity contribution in [3.63, 3.8) is 0 Å². The minimum absolute atomic E-state index is 0.0416. The van der Waals surface area contributed by atoms with Gasteiger partial charge < -0.3 is 16.4 Å². The van der Waals surface area contributed by atoms with E-state index in [4.69, 9.17) is 17.3 Å². The number of halogens is 1. The van der Waals surface area contributed by atoms with Crippen molar-refractivity contribution in [2.45, 2.75) is 76.3 Å². The van der Waals surface area contributed by atoms with Gasteiger partial charge in [0.05, 0.1) is 5.69 Å². The van der Waals surface area contributed by atoms with Crippen LogP contribution in [0, 0.1) is 0 Å². The van der Waals surface area contributed by atoms with Gasteiger partial charge in [0.25, 0.3) is 11.8 Å². The molecule has 2 aliphatic carbocycles. The summed E-state index contributed by atoms with van der Waals surface area (Å²) in [7, 11) is 0. The lowest BCUT2D eigenvalue weighted by Crippen LogP contribution is -2.45. The first kappa shape index (κ1) is 25.4. The van der Waals surface area contributed by atoms with Gasteiger partial charge in [0.15, 0.2) is 5.69 Å². The Hall–Kier alpha value is -2.65. The highest BCUT2D eigenvalue weighted by Gasteiger charge is 2.29. The average Bonchev–Trinajstić information content (AvgIpc) is 3.25. The number of benzene rings is 1. The first-order valence-electron chi connectivity index (χ1n) is 12.3. The fourth-order valence-electron chi connectivity index (χ4n) is 4.80. The molecule has 35 heavy (non-hydrogen) atoms. The summed E-state index contributed by atoms with van der Waals surface area (Å²) in [4.78, 5) is 40.8. The van der Waals surface area contributed by atoms with Crippen LogP contribution in [0.1, 0.15) is 84.4 Å². The lowest BCUT2D eigenvalue weighted by Gasteiger charge is -2.26. The number of nitrogens with zero attached hydrogens (tertiary/aromatic N) is 2. The van der Waals surface area contributed by atoms with E-state index in [1.165, 1.54) is 17.7 Å². The van der Waals surface area contributed by atoms with Crippen LogP contribution in [0.4, 0.5) is 11.4 Å². The summed E-state index contributed by atoms with van der Waals surface area (Å²) in [6.07, 6.45) is 10.5. The Labute approximate surface area is 214 Å². The molecule has 0 atom stereocenters. The zero-order valence-corrected chi connectivity index (χ0v) is 21.3. The SMILES string of the molecule is Nc1c(C(=O)NC2CCCCC2)nsc1C(=O)N(CC(=O)NC1CCCCC1)c1ccc(Cl)cc1. The summed E-state index contributed by atoms with van der Waals surface area (Å²) in [5.41, 5.74) is 6.86. The Bertz CT molecular complexity index is 1050. The molecular weight excluding hydrogens is 486 g/mol. The van der Waals surface area contributed by atoms with E-state index in [2.05, 4.69) is 15.0 Å². The van der Waals surface area contributed by atoms with Gasteiger partial charge in [-0.3, -0.25) is 19.3 Å². The number of hydrogen-bond acceptors (Lipinski definition) is 6. The molecule has 0 spiro atoms. The molecule has 1 aromatic heterocycles. The molecular formula is C25H32ClN5O3S. The summed E-state index contributed by atoms with van der Waals surface area (Å²) in [5.74, 6) is -1.07. The number of anilines is 2. The molecule has 4 N–H and O–H groups in total. The maximum Gasteiger partial charge on any atom is 0.273 e. The van der Waals surface area contributed by atoms with Gasteiger partial charge in [0, 0.05) is 22.8 Å². The van der Waals surface area contributed by atoms with Crippen LogP contribution in [-0.2, 0) is 4.79 Å². The van der Waals surface area contributed by atoms with Crippen molar-refractivity contribution >= 4 is 52.2 Å². The molecule has 10 heteroatoms. The van der Waals surface area contributed by atoms with Gasteiger partial charge in [0.2, 0.25) is 5.91 Å². The van der Waals surface area contributed by atoms with Crippen LogP contribution in [0.2, 0.25) is 5.02 Å². The van der Waals surface area contributed by atoms with Crippen molar-refractivity contribution in [3.05, 3.63) is 39.9 Å². The van der Waals surface area contributed by atoms with Crippen LogP contribution in [0.3, 0.4) is 0 Å². The molecule has 2 aliphatic rings. The number of nitrogens with two attached hydrogens (primary N) is 1. The summed E-state index contributed by atoms with van der Waals surface area (Å²) in [6, 6.07) is 6.92. The molecule has 8 nitrogen and oxygen atoms in total. The van der Waals surface area contributed by atoms with Crippen LogP contribution in [0.25, 0.3) is 0 Å². The fourth-order valence-corrected chi connectivity index (χ4v) is 5.68. The second-order valence-corrected chi connectivity index (χ2v) is 10.6. The number of amides is 3. The van der Waals surface area contributed by atoms with Crippen LogP contribution in [0.15, 0.2) is 24.3 Å².